The summed E-state index contributed by atoms with van der Waals surface area (Å²) in [5.41, 5.74) is 0.829. The van der Waals surface area contributed by atoms with Crippen LogP contribution in [0.3, 0.4) is 0 Å². The number of esters is 1. The minimum absolute atomic E-state index is 0.186. The quantitative estimate of drug-likeness (QED) is 0.375. The lowest BCUT2D eigenvalue weighted by Crippen LogP contribution is -2.31. The van der Waals surface area contributed by atoms with Crippen LogP contribution in [-0.4, -0.2) is 42.8 Å². The number of para-hydroxylation sites is 1. The van der Waals surface area contributed by atoms with Crippen molar-refractivity contribution in [3.05, 3.63) is 52.6 Å². The number of H-pyrrole nitrogens is 1. The van der Waals surface area contributed by atoms with E-state index in [2.05, 4.69) is 25.3 Å². The van der Waals surface area contributed by atoms with Gasteiger partial charge in [0.25, 0.3) is 11.6 Å². The molecular formula is C16H14N6O5. The number of aromatic amines is 1. The Hall–Kier alpha value is -3.89. The first-order valence-electron chi connectivity index (χ1n) is 7.82. The maximum atomic E-state index is 12.2. The Balaban J connectivity index is 1.64. The van der Waals surface area contributed by atoms with E-state index in [0.717, 1.165) is 0 Å². The lowest BCUT2D eigenvalue weighted by Gasteiger charge is -2.13. The Kier molecular flexibility index (Phi) is 5.01. The monoisotopic (exact) mass is 370 g/mol. The van der Waals surface area contributed by atoms with Gasteiger partial charge in [0.15, 0.2) is 17.6 Å². The van der Waals surface area contributed by atoms with Gasteiger partial charge in [-0.2, -0.15) is 0 Å². The maximum Gasteiger partial charge on any atom is 0.311 e. The fourth-order valence-corrected chi connectivity index (χ4v) is 2.36. The topological polar surface area (TPSA) is 153 Å². The smallest absolute Gasteiger partial charge is 0.311 e. The van der Waals surface area contributed by atoms with Crippen molar-refractivity contribution in [3.63, 3.8) is 0 Å². The molecule has 0 saturated heterocycles. The number of hydrogen-bond acceptors (Lipinski definition) is 8. The molecule has 27 heavy (non-hydrogen) atoms. The molecule has 0 spiro atoms. The summed E-state index contributed by atoms with van der Waals surface area (Å²) in [6.45, 7) is 1.39. The van der Waals surface area contributed by atoms with Crippen molar-refractivity contribution in [3.8, 4) is 0 Å². The molecule has 1 amide bonds. The number of carbonyl (C=O) groups is 2. The van der Waals surface area contributed by atoms with Crippen molar-refractivity contribution in [1.82, 2.24) is 19.9 Å². The van der Waals surface area contributed by atoms with Crippen molar-refractivity contribution < 1.29 is 19.2 Å². The van der Waals surface area contributed by atoms with E-state index in [0.29, 0.717) is 11.2 Å². The highest BCUT2D eigenvalue weighted by Crippen LogP contribution is 2.19. The van der Waals surface area contributed by atoms with E-state index in [1.807, 2.05) is 0 Å². The SMILES string of the molecule is CC(OC(=O)Cc1ccccc1[N+](=O)[O-])C(=O)Nc1ncnc2nc[nH]c12. The van der Waals surface area contributed by atoms with Crippen LogP contribution in [0, 0.1) is 10.1 Å². The molecule has 1 atom stereocenters. The van der Waals surface area contributed by atoms with Gasteiger partial charge in [-0.1, -0.05) is 18.2 Å². The zero-order valence-electron chi connectivity index (χ0n) is 14.1. The molecule has 0 saturated carbocycles. The molecule has 0 radical (unpaired) electrons. The first-order valence-corrected chi connectivity index (χ1v) is 7.82. The highest BCUT2D eigenvalue weighted by molar-refractivity contribution is 5.99. The molecule has 2 heterocycles. The molecule has 3 aromatic rings. The van der Waals surface area contributed by atoms with Gasteiger partial charge >= 0.3 is 5.97 Å². The predicted octanol–water partition coefficient (Wildman–Crippen LogP) is 1.37. The summed E-state index contributed by atoms with van der Waals surface area (Å²) in [4.78, 5) is 49.3. The number of nitrogens with one attached hydrogen (secondary N) is 2. The van der Waals surface area contributed by atoms with Crippen LogP contribution in [0.25, 0.3) is 11.2 Å². The van der Waals surface area contributed by atoms with Gasteiger partial charge in [-0.25, -0.2) is 15.0 Å². The summed E-state index contributed by atoms with van der Waals surface area (Å²) in [5, 5.41) is 13.5. The van der Waals surface area contributed by atoms with Gasteiger partial charge in [0.05, 0.1) is 17.7 Å². The highest BCUT2D eigenvalue weighted by atomic mass is 16.6. The number of imidazole rings is 1. The van der Waals surface area contributed by atoms with E-state index >= 15 is 0 Å². The fourth-order valence-electron chi connectivity index (χ4n) is 2.36. The first-order chi connectivity index (χ1) is 13.0. The van der Waals surface area contributed by atoms with Gasteiger partial charge in [0, 0.05) is 11.6 Å². The van der Waals surface area contributed by atoms with E-state index in [4.69, 9.17) is 4.74 Å². The number of nitrogens with zero attached hydrogens (tertiary/aromatic N) is 4. The largest absolute Gasteiger partial charge is 0.452 e. The lowest BCUT2D eigenvalue weighted by atomic mass is 10.1. The Bertz CT molecular complexity index is 1020. The van der Waals surface area contributed by atoms with Crippen molar-refractivity contribution in [2.45, 2.75) is 19.4 Å². The minimum atomic E-state index is -1.13. The molecule has 2 aromatic heterocycles. The zero-order valence-corrected chi connectivity index (χ0v) is 14.1. The second-order valence-corrected chi connectivity index (χ2v) is 5.51. The number of aromatic nitrogens is 4. The van der Waals surface area contributed by atoms with Crippen LogP contribution < -0.4 is 5.32 Å². The van der Waals surface area contributed by atoms with Gasteiger partial charge in [-0.05, 0) is 6.92 Å². The second-order valence-electron chi connectivity index (χ2n) is 5.51. The molecule has 0 aliphatic heterocycles. The molecule has 138 valence electrons. The third-order valence-corrected chi connectivity index (χ3v) is 3.67. The maximum absolute atomic E-state index is 12.2. The number of nitro groups is 1. The number of anilines is 1. The fraction of sp³-hybridized carbons (Fsp3) is 0.188. The van der Waals surface area contributed by atoms with Crippen LogP contribution in [0.5, 0.6) is 0 Å². The van der Waals surface area contributed by atoms with Crippen LogP contribution in [0.2, 0.25) is 0 Å². The van der Waals surface area contributed by atoms with Crippen LogP contribution in [0.1, 0.15) is 12.5 Å². The molecule has 11 nitrogen and oxygen atoms in total. The van der Waals surface area contributed by atoms with E-state index in [-0.39, 0.29) is 23.5 Å². The van der Waals surface area contributed by atoms with Gasteiger partial charge < -0.3 is 15.0 Å². The average Bonchev–Trinajstić information content (AvgIpc) is 3.11. The third-order valence-electron chi connectivity index (χ3n) is 3.67. The van der Waals surface area contributed by atoms with Crippen molar-refractivity contribution in [2.24, 2.45) is 0 Å². The number of ether oxygens (including phenoxy) is 1. The molecule has 3 rings (SSSR count). The van der Waals surface area contributed by atoms with Crippen LogP contribution in [0.15, 0.2) is 36.9 Å². The number of rotatable bonds is 6. The van der Waals surface area contributed by atoms with Gasteiger partial charge in [-0.15, -0.1) is 0 Å². The summed E-state index contributed by atoms with van der Waals surface area (Å²) in [5.74, 6) is -1.18. The summed E-state index contributed by atoms with van der Waals surface area (Å²) in [6, 6.07) is 5.83. The molecule has 0 bridgehead atoms. The highest BCUT2D eigenvalue weighted by Gasteiger charge is 2.22. The van der Waals surface area contributed by atoms with Gasteiger partial charge in [0.2, 0.25) is 0 Å². The zero-order chi connectivity index (χ0) is 19.4. The number of carbonyl (C=O) groups excluding carboxylic acids is 2. The van der Waals surface area contributed by atoms with Crippen LogP contribution in [0.4, 0.5) is 11.5 Å². The molecule has 1 unspecified atom stereocenters. The molecular weight excluding hydrogens is 356 g/mol. The lowest BCUT2D eigenvalue weighted by molar-refractivity contribution is -0.385. The summed E-state index contributed by atoms with van der Waals surface area (Å²) < 4.78 is 5.07. The summed E-state index contributed by atoms with van der Waals surface area (Å²) in [6.07, 6.45) is 1.19. The molecule has 0 aliphatic carbocycles. The molecule has 11 heteroatoms. The number of amides is 1. The number of fused-ring (bicyclic) bond motifs is 1. The minimum Gasteiger partial charge on any atom is -0.452 e. The van der Waals surface area contributed by atoms with Gasteiger partial charge in [-0.3, -0.25) is 19.7 Å². The summed E-state index contributed by atoms with van der Waals surface area (Å²) in [7, 11) is 0. The number of benzene rings is 1. The van der Waals surface area contributed by atoms with Crippen molar-refractivity contribution >= 4 is 34.5 Å². The number of nitro benzene ring substituents is 1. The first kappa shape index (κ1) is 17.9. The van der Waals surface area contributed by atoms with Crippen LogP contribution in [-0.2, 0) is 20.7 Å². The van der Waals surface area contributed by atoms with Crippen molar-refractivity contribution in [1.29, 1.82) is 0 Å². The summed E-state index contributed by atoms with van der Waals surface area (Å²) >= 11 is 0. The third kappa shape index (κ3) is 4.03. The van der Waals surface area contributed by atoms with E-state index in [1.165, 1.54) is 37.8 Å². The average molecular weight is 370 g/mol. The Labute approximate surface area is 152 Å². The molecule has 0 aliphatic rings. The van der Waals surface area contributed by atoms with Gasteiger partial charge in [0.1, 0.15) is 11.8 Å². The van der Waals surface area contributed by atoms with E-state index in [9.17, 15) is 19.7 Å². The predicted molar refractivity (Wildman–Crippen MR) is 92.7 cm³/mol. The van der Waals surface area contributed by atoms with Crippen LogP contribution >= 0.6 is 0 Å². The Morgan fingerprint density at radius 3 is 2.85 bits per heavy atom. The van der Waals surface area contributed by atoms with E-state index in [1.54, 1.807) is 6.07 Å². The normalized spacial score (nSPS) is 11.7. The second kappa shape index (κ2) is 7.56. The Morgan fingerprint density at radius 2 is 2.07 bits per heavy atom. The van der Waals surface area contributed by atoms with Crippen molar-refractivity contribution in [2.75, 3.05) is 5.32 Å². The standard InChI is InChI=1S/C16H14N6O5/c1-9(16(24)21-15-13-14(18-7-17-13)19-8-20-15)27-12(23)6-10-4-2-3-5-11(10)22(25)26/h2-5,7-9H,6H2,1H3,(H2,17,18,19,20,21,24). The molecule has 1 aromatic carbocycles. The van der Waals surface area contributed by atoms with E-state index < -0.39 is 22.9 Å². The molecule has 2 N–H and O–H groups in total. The Morgan fingerprint density at radius 1 is 1.30 bits per heavy atom. The number of hydrogen-bond donors (Lipinski definition) is 2. The molecule has 0 fully saturated rings.